The maximum Gasteiger partial charge on any atom is 0.106 e. The van der Waals surface area contributed by atoms with Gasteiger partial charge in [-0.2, -0.15) is 5.26 Å². The van der Waals surface area contributed by atoms with Gasteiger partial charge < -0.3 is 0 Å². The lowest BCUT2D eigenvalue weighted by molar-refractivity contribution is 0.415. The lowest BCUT2D eigenvalue weighted by Crippen LogP contribution is -2.41. The minimum Gasteiger partial charge on any atom is -0.299 e. The summed E-state index contributed by atoms with van der Waals surface area (Å²) in [6.07, 6.45) is 8.27. The number of nitrogens with zero attached hydrogens (tertiary/aromatic N) is 1. The van der Waals surface area contributed by atoms with Crippen LogP contribution in [0.2, 0.25) is 0 Å². The molecule has 0 spiro atoms. The molecule has 0 saturated heterocycles. The molecule has 1 fully saturated rings. The molecular weight excluding hydrogens is 160 g/mol. The van der Waals surface area contributed by atoms with E-state index in [4.69, 9.17) is 5.26 Å². The quantitative estimate of drug-likeness (QED) is 0.660. The lowest BCUT2D eigenvalue weighted by atomic mass is 10.00. The summed E-state index contributed by atoms with van der Waals surface area (Å²) in [4.78, 5) is 0. The van der Waals surface area contributed by atoms with Crippen molar-refractivity contribution in [3.8, 4) is 6.07 Å². The Kier molecular flexibility index (Phi) is 4.24. The van der Waals surface area contributed by atoms with Gasteiger partial charge in [-0.25, -0.2) is 0 Å². The SMILES string of the molecule is CCCCCNC1(C#N)CCCC1. The van der Waals surface area contributed by atoms with Crippen molar-refractivity contribution < 1.29 is 0 Å². The van der Waals surface area contributed by atoms with Crippen molar-refractivity contribution >= 4 is 0 Å². The molecule has 1 aliphatic carbocycles. The van der Waals surface area contributed by atoms with Crippen molar-refractivity contribution in [2.75, 3.05) is 6.54 Å². The van der Waals surface area contributed by atoms with Gasteiger partial charge in [0, 0.05) is 0 Å². The van der Waals surface area contributed by atoms with E-state index in [9.17, 15) is 0 Å². The van der Waals surface area contributed by atoms with E-state index in [1.165, 1.54) is 32.1 Å². The Labute approximate surface area is 81.3 Å². The number of rotatable bonds is 5. The van der Waals surface area contributed by atoms with E-state index in [1.807, 2.05) is 0 Å². The Morgan fingerprint density at radius 2 is 2.00 bits per heavy atom. The van der Waals surface area contributed by atoms with Crippen molar-refractivity contribution in [2.45, 2.75) is 57.4 Å². The molecule has 1 rings (SSSR count). The summed E-state index contributed by atoms with van der Waals surface area (Å²) in [6.45, 7) is 3.22. The van der Waals surface area contributed by atoms with E-state index in [2.05, 4.69) is 18.3 Å². The highest BCUT2D eigenvalue weighted by Gasteiger charge is 2.32. The summed E-state index contributed by atoms with van der Waals surface area (Å²) >= 11 is 0. The number of unbranched alkanes of at least 4 members (excludes halogenated alkanes) is 2. The molecule has 0 aliphatic heterocycles. The molecule has 0 aromatic carbocycles. The van der Waals surface area contributed by atoms with Crippen LogP contribution in [0.25, 0.3) is 0 Å². The van der Waals surface area contributed by atoms with Crippen LogP contribution in [0.15, 0.2) is 0 Å². The van der Waals surface area contributed by atoms with Gasteiger partial charge in [0.25, 0.3) is 0 Å². The van der Waals surface area contributed by atoms with Gasteiger partial charge in [0.2, 0.25) is 0 Å². The zero-order valence-corrected chi connectivity index (χ0v) is 8.60. The van der Waals surface area contributed by atoms with Gasteiger partial charge in [-0.05, 0) is 25.8 Å². The first-order chi connectivity index (χ1) is 6.33. The van der Waals surface area contributed by atoms with Gasteiger partial charge in [-0.3, -0.25) is 5.32 Å². The number of nitrogens with one attached hydrogen (secondary N) is 1. The van der Waals surface area contributed by atoms with Crippen LogP contribution >= 0.6 is 0 Å². The molecule has 1 aliphatic rings. The minimum atomic E-state index is -0.159. The van der Waals surface area contributed by atoms with Crippen molar-refractivity contribution in [2.24, 2.45) is 0 Å². The number of nitriles is 1. The molecule has 0 unspecified atom stereocenters. The zero-order chi connectivity index (χ0) is 9.57. The standard InChI is InChI=1S/C11H20N2/c1-2-3-6-9-13-11(10-12)7-4-5-8-11/h13H,2-9H2,1H3. The van der Waals surface area contributed by atoms with Crippen LogP contribution in [-0.4, -0.2) is 12.1 Å². The Bertz CT molecular complexity index is 175. The zero-order valence-electron chi connectivity index (χ0n) is 8.60. The molecule has 0 atom stereocenters. The summed E-state index contributed by atoms with van der Waals surface area (Å²) in [5, 5.41) is 12.5. The minimum absolute atomic E-state index is 0.159. The topological polar surface area (TPSA) is 35.8 Å². The molecule has 74 valence electrons. The van der Waals surface area contributed by atoms with E-state index < -0.39 is 0 Å². The van der Waals surface area contributed by atoms with Gasteiger partial charge in [-0.1, -0.05) is 32.6 Å². The Morgan fingerprint density at radius 3 is 2.54 bits per heavy atom. The maximum atomic E-state index is 9.06. The van der Waals surface area contributed by atoms with E-state index in [0.29, 0.717) is 0 Å². The first-order valence-corrected chi connectivity index (χ1v) is 5.49. The fourth-order valence-corrected chi connectivity index (χ4v) is 2.01. The van der Waals surface area contributed by atoms with Crippen LogP contribution in [0.3, 0.4) is 0 Å². The van der Waals surface area contributed by atoms with Gasteiger partial charge in [0.1, 0.15) is 5.54 Å². The Balaban J connectivity index is 2.21. The fourth-order valence-electron chi connectivity index (χ4n) is 2.01. The van der Waals surface area contributed by atoms with E-state index in [1.54, 1.807) is 0 Å². The third kappa shape index (κ3) is 3.00. The Hall–Kier alpha value is -0.550. The molecule has 1 saturated carbocycles. The normalized spacial score (nSPS) is 20.0. The smallest absolute Gasteiger partial charge is 0.106 e. The molecule has 1 N–H and O–H groups in total. The second kappa shape index (κ2) is 5.24. The van der Waals surface area contributed by atoms with Crippen molar-refractivity contribution in [1.82, 2.24) is 5.32 Å². The number of hydrogen-bond donors (Lipinski definition) is 1. The largest absolute Gasteiger partial charge is 0.299 e. The number of hydrogen-bond acceptors (Lipinski definition) is 2. The predicted molar refractivity (Wildman–Crippen MR) is 54.3 cm³/mol. The molecule has 13 heavy (non-hydrogen) atoms. The van der Waals surface area contributed by atoms with E-state index in [-0.39, 0.29) is 5.54 Å². The van der Waals surface area contributed by atoms with E-state index in [0.717, 1.165) is 19.4 Å². The molecule has 0 bridgehead atoms. The molecule has 0 heterocycles. The molecule has 2 nitrogen and oxygen atoms in total. The predicted octanol–water partition coefficient (Wildman–Crippen LogP) is 2.60. The lowest BCUT2D eigenvalue weighted by Gasteiger charge is -2.21. The first kappa shape index (κ1) is 10.5. The highest BCUT2D eigenvalue weighted by molar-refractivity contribution is 5.09. The second-order valence-electron chi connectivity index (χ2n) is 4.03. The molecule has 0 aromatic heterocycles. The van der Waals surface area contributed by atoms with Crippen LogP contribution in [0.5, 0.6) is 0 Å². The highest BCUT2D eigenvalue weighted by Crippen LogP contribution is 2.28. The van der Waals surface area contributed by atoms with Gasteiger partial charge >= 0.3 is 0 Å². The average Bonchev–Trinajstić information content (AvgIpc) is 2.62. The van der Waals surface area contributed by atoms with Crippen molar-refractivity contribution in [3.63, 3.8) is 0 Å². The monoisotopic (exact) mass is 180 g/mol. The average molecular weight is 180 g/mol. The molecule has 0 aromatic rings. The van der Waals surface area contributed by atoms with Crippen molar-refractivity contribution in [3.05, 3.63) is 0 Å². The maximum absolute atomic E-state index is 9.06. The van der Waals surface area contributed by atoms with Crippen LogP contribution in [0, 0.1) is 11.3 Å². The summed E-state index contributed by atoms with van der Waals surface area (Å²) in [6, 6.07) is 2.44. The molecule has 0 radical (unpaired) electrons. The third-order valence-electron chi connectivity index (χ3n) is 2.91. The van der Waals surface area contributed by atoms with Crippen LogP contribution in [0.4, 0.5) is 0 Å². The molecular formula is C11H20N2. The third-order valence-corrected chi connectivity index (χ3v) is 2.91. The van der Waals surface area contributed by atoms with E-state index >= 15 is 0 Å². The molecule has 0 amide bonds. The molecule has 2 heteroatoms. The summed E-state index contributed by atoms with van der Waals surface area (Å²) in [5.41, 5.74) is -0.159. The van der Waals surface area contributed by atoms with Gasteiger partial charge in [0.15, 0.2) is 0 Å². The van der Waals surface area contributed by atoms with Crippen LogP contribution in [0.1, 0.15) is 51.9 Å². The fraction of sp³-hybridized carbons (Fsp3) is 0.909. The summed E-state index contributed by atoms with van der Waals surface area (Å²) < 4.78 is 0. The summed E-state index contributed by atoms with van der Waals surface area (Å²) in [7, 11) is 0. The van der Waals surface area contributed by atoms with Gasteiger partial charge in [-0.15, -0.1) is 0 Å². The van der Waals surface area contributed by atoms with Crippen molar-refractivity contribution in [1.29, 1.82) is 5.26 Å². The summed E-state index contributed by atoms with van der Waals surface area (Å²) in [5.74, 6) is 0. The van der Waals surface area contributed by atoms with Crippen LogP contribution < -0.4 is 5.32 Å². The Morgan fingerprint density at radius 1 is 1.31 bits per heavy atom. The first-order valence-electron chi connectivity index (χ1n) is 5.49. The second-order valence-corrected chi connectivity index (χ2v) is 4.03. The highest BCUT2D eigenvalue weighted by atomic mass is 15.0. The van der Waals surface area contributed by atoms with Gasteiger partial charge in [0.05, 0.1) is 6.07 Å². The van der Waals surface area contributed by atoms with Crippen LogP contribution in [-0.2, 0) is 0 Å².